The lowest BCUT2D eigenvalue weighted by Crippen LogP contribution is -2.30. The van der Waals surface area contributed by atoms with Crippen molar-refractivity contribution < 1.29 is 9.53 Å². The number of carbonyl (C=O) groups is 1. The van der Waals surface area contributed by atoms with Gasteiger partial charge in [-0.1, -0.05) is 6.07 Å². The molecule has 2 saturated carbocycles. The van der Waals surface area contributed by atoms with Crippen LogP contribution in [0.5, 0.6) is 0 Å². The summed E-state index contributed by atoms with van der Waals surface area (Å²) in [7, 11) is 0. The van der Waals surface area contributed by atoms with Gasteiger partial charge in [-0.15, -0.1) is 0 Å². The van der Waals surface area contributed by atoms with E-state index in [1.165, 1.54) is 25.7 Å². The van der Waals surface area contributed by atoms with Crippen LogP contribution >= 0.6 is 0 Å². The third kappa shape index (κ3) is 3.49. The Morgan fingerprint density at radius 3 is 2.38 bits per heavy atom. The highest BCUT2D eigenvalue weighted by Crippen LogP contribution is 2.38. The zero-order valence-electron chi connectivity index (χ0n) is 12.7. The van der Waals surface area contributed by atoms with E-state index in [1.54, 1.807) is 0 Å². The first-order valence-electron chi connectivity index (χ1n) is 7.99. The van der Waals surface area contributed by atoms with E-state index in [-0.39, 0.29) is 5.97 Å². The van der Waals surface area contributed by atoms with Crippen LogP contribution in [0.1, 0.15) is 43.0 Å². The largest absolute Gasteiger partial charge is 0.462 e. The summed E-state index contributed by atoms with van der Waals surface area (Å²) in [4.78, 5) is 14.6. The molecule has 2 fully saturated rings. The predicted molar refractivity (Wildman–Crippen MR) is 84.5 cm³/mol. The number of carbonyl (C=O) groups excluding carboxylic acids is 1. The summed E-state index contributed by atoms with van der Waals surface area (Å²) in [6.45, 7) is 4.24. The molecule has 4 nitrogen and oxygen atoms in total. The van der Waals surface area contributed by atoms with Crippen molar-refractivity contribution in [3.63, 3.8) is 0 Å². The van der Waals surface area contributed by atoms with Crippen LogP contribution < -0.4 is 10.6 Å². The van der Waals surface area contributed by atoms with Crippen molar-refractivity contribution in [1.29, 1.82) is 0 Å². The molecule has 114 valence electrons. The Bertz CT molecular complexity index is 508. The van der Waals surface area contributed by atoms with Crippen LogP contribution in [0.2, 0.25) is 0 Å². The molecule has 0 saturated heterocycles. The quantitative estimate of drug-likeness (QED) is 0.619. The first kappa shape index (κ1) is 14.2. The van der Waals surface area contributed by atoms with Gasteiger partial charge in [0.05, 0.1) is 23.5 Å². The third-order valence-corrected chi connectivity index (χ3v) is 4.23. The Morgan fingerprint density at radius 1 is 1.24 bits per heavy atom. The standard InChI is InChI=1S/C17H24N2O2/c1-2-21-17(20)14-4-3-5-15(18)16(14)19(10-12-6-7-12)11-13-8-9-13/h3-5,12-13H,2,6-11,18H2,1H3. The van der Waals surface area contributed by atoms with Crippen molar-refractivity contribution in [3.05, 3.63) is 23.8 Å². The van der Waals surface area contributed by atoms with E-state index >= 15 is 0 Å². The van der Waals surface area contributed by atoms with E-state index < -0.39 is 0 Å². The maximum Gasteiger partial charge on any atom is 0.340 e. The van der Waals surface area contributed by atoms with Gasteiger partial charge in [0.1, 0.15) is 0 Å². The van der Waals surface area contributed by atoms with Crippen LogP contribution in [0.25, 0.3) is 0 Å². The minimum absolute atomic E-state index is 0.267. The first-order chi connectivity index (χ1) is 10.2. The first-order valence-corrected chi connectivity index (χ1v) is 7.99. The van der Waals surface area contributed by atoms with Gasteiger partial charge in [0.25, 0.3) is 0 Å². The molecule has 0 amide bonds. The summed E-state index contributed by atoms with van der Waals surface area (Å²) < 4.78 is 5.19. The van der Waals surface area contributed by atoms with Crippen LogP contribution in [0.15, 0.2) is 18.2 Å². The van der Waals surface area contributed by atoms with Crippen molar-refractivity contribution in [2.45, 2.75) is 32.6 Å². The van der Waals surface area contributed by atoms with Gasteiger partial charge in [0, 0.05) is 13.1 Å². The SMILES string of the molecule is CCOC(=O)c1cccc(N)c1N(CC1CC1)CC1CC1. The molecule has 2 aliphatic rings. The minimum atomic E-state index is -0.267. The summed E-state index contributed by atoms with van der Waals surface area (Å²) in [5.74, 6) is 1.26. The van der Waals surface area contributed by atoms with Crippen molar-refractivity contribution in [3.8, 4) is 0 Å². The number of rotatable bonds is 7. The molecule has 1 aromatic rings. The second kappa shape index (κ2) is 5.96. The monoisotopic (exact) mass is 288 g/mol. The van der Waals surface area contributed by atoms with Gasteiger partial charge in [0.15, 0.2) is 0 Å². The minimum Gasteiger partial charge on any atom is -0.462 e. The number of ether oxygens (including phenoxy) is 1. The Kier molecular flexibility index (Phi) is 4.04. The molecule has 0 spiro atoms. The Morgan fingerprint density at radius 2 is 1.86 bits per heavy atom. The second-order valence-electron chi connectivity index (χ2n) is 6.26. The van der Waals surface area contributed by atoms with E-state index in [1.807, 2.05) is 25.1 Å². The number of benzene rings is 1. The molecule has 0 aromatic heterocycles. The predicted octanol–water partition coefficient (Wildman–Crippen LogP) is 3.07. The molecule has 2 N–H and O–H groups in total. The molecular formula is C17H24N2O2. The van der Waals surface area contributed by atoms with Gasteiger partial charge >= 0.3 is 5.97 Å². The van der Waals surface area contributed by atoms with Crippen molar-refractivity contribution >= 4 is 17.3 Å². The number of anilines is 2. The lowest BCUT2D eigenvalue weighted by atomic mass is 10.1. The number of nitrogens with zero attached hydrogens (tertiary/aromatic N) is 1. The zero-order chi connectivity index (χ0) is 14.8. The van der Waals surface area contributed by atoms with Crippen LogP contribution in [0.3, 0.4) is 0 Å². The molecule has 1 aromatic carbocycles. The van der Waals surface area contributed by atoms with Crippen LogP contribution in [-0.2, 0) is 4.74 Å². The fourth-order valence-corrected chi connectivity index (χ4v) is 2.77. The van der Waals surface area contributed by atoms with Gasteiger partial charge in [-0.2, -0.15) is 0 Å². The van der Waals surface area contributed by atoms with Gasteiger partial charge in [-0.05, 0) is 56.6 Å². The molecule has 21 heavy (non-hydrogen) atoms. The molecule has 0 bridgehead atoms. The highest BCUT2D eigenvalue weighted by atomic mass is 16.5. The van der Waals surface area contributed by atoms with E-state index in [0.717, 1.165) is 30.6 Å². The Balaban J connectivity index is 1.89. The van der Waals surface area contributed by atoms with Crippen molar-refractivity contribution in [2.75, 3.05) is 30.3 Å². The molecule has 0 aliphatic heterocycles. The lowest BCUT2D eigenvalue weighted by molar-refractivity contribution is 0.0527. The molecule has 3 rings (SSSR count). The molecule has 4 heteroatoms. The maximum atomic E-state index is 12.2. The smallest absolute Gasteiger partial charge is 0.340 e. The molecule has 0 unspecified atom stereocenters. The van der Waals surface area contributed by atoms with Gasteiger partial charge in [-0.3, -0.25) is 0 Å². The van der Waals surface area contributed by atoms with Crippen LogP contribution in [-0.4, -0.2) is 25.7 Å². The number of hydrogen-bond acceptors (Lipinski definition) is 4. The lowest BCUT2D eigenvalue weighted by Gasteiger charge is -2.28. The summed E-state index contributed by atoms with van der Waals surface area (Å²) in [5, 5.41) is 0. The number of para-hydroxylation sites is 1. The van der Waals surface area contributed by atoms with E-state index in [2.05, 4.69) is 4.90 Å². The van der Waals surface area contributed by atoms with Crippen molar-refractivity contribution in [2.24, 2.45) is 11.8 Å². The number of hydrogen-bond donors (Lipinski definition) is 1. The summed E-state index contributed by atoms with van der Waals surface area (Å²) in [6.07, 6.45) is 5.18. The molecule has 2 aliphatic carbocycles. The Labute approximate surface area is 126 Å². The highest BCUT2D eigenvalue weighted by molar-refractivity contribution is 5.99. The van der Waals surface area contributed by atoms with Crippen molar-refractivity contribution in [1.82, 2.24) is 0 Å². The fourth-order valence-electron chi connectivity index (χ4n) is 2.77. The number of nitrogen functional groups attached to an aromatic ring is 1. The third-order valence-electron chi connectivity index (χ3n) is 4.23. The maximum absolute atomic E-state index is 12.2. The van der Waals surface area contributed by atoms with E-state index in [0.29, 0.717) is 17.9 Å². The van der Waals surface area contributed by atoms with Gasteiger partial charge in [-0.25, -0.2) is 4.79 Å². The molecule has 0 radical (unpaired) electrons. The van der Waals surface area contributed by atoms with Gasteiger partial charge < -0.3 is 15.4 Å². The molecule has 0 heterocycles. The topological polar surface area (TPSA) is 55.6 Å². The molecular weight excluding hydrogens is 264 g/mol. The summed E-state index contributed by atoms with van der Waals surface area (Å²) >= 11 is 0. The Hall–Kier alpha value is -1.71. The fraction of sp³-hybridized carbons (Fsp3) is 0.588. The number of esters is 1. The number of nitrogens with two attached hydrogens (primary N) is 1. The average Bonchev–Trinajstić information content (AvgIpc) is 3.34. The van der Waals surface area contributed by atoms with E-state index in [9.17, 15) is 4.79 Å². The van der Waals surface area contributed by atoms with Crippen LogP contribution in [0.4, 0.5) is 11.4 Å². The second-order valence-corrected chi connectivity index (χ2v) is 6.26. The van der Waals surface area contributed by atoms with E-state index in [4.69, 9.17) is 10.5 Å². The average molecular weight is 288 g/mol. The summed E-state index contributed by atoms with van der Waals surface area (Å²) in [5.41, 5.74) is 8.37. The van der Waals surface area contributed by atoms with Gasteiger partial charge in [0.2, 0.25) is 0 Å². The normalized spacial score (nSPS) is 17.6. The zero-order valence-corrected chi connectivity index (χ0v) is 12.7. The molecule has 0 atom stereocenters. The highest BCUT2D eigenvalue weighted by Gasteiger charge is 2.31. The van der Waals surface area contributed by atoms with Crippen LogP contribution in [0, 0.1) is 11.8 Å². The summed E-state index contributed by atoms with van der Waals surface area (Å²) in [6, 6.07) is 5.54.